The van der Waals surface area contributed by atoms with Crippen LogP contribution >= 0.6 is 0 Å². The highest BCUT2D eigenvalue weighted by atomic mass is 16.5. The summed E-state index contributed by atoms with van der Waals surface area (Å²) in [5.74, 6) is 0. The van der Waals surface area contributed by atoms with Gasteiger partial charge in [0.25, 0.3) is 0 Å². The zero-order valence-corrected chi connectivity index (χ0v) is 13.8. The van der Waals surface area contributed by atoms with E-state index in [1.54, 1.807) is 0 Å². The number of nitrogens with one attached hydrogen (secondary N) is 1. The second kappa shape index (κ2) is 6.95. The zero-order valence-electron chi connectivity index (χ0n) is 13.8. The number of ether oxygens (including phenoxy) is 2. The third kappa shape index (κ3) is 4.19. The van der Waals surface area contributed by atoms with Crippen LogP contribution in [0.25, 0.3) is 0 Å². The van der Waals surface area contributed by atoms with Crippen LogP contribution in [0.3, 0.4) is 0 Å². The molecule has 0 aromatic heterocycles. The lowest BCUT2D eigenvalue weighted by molar-refractivity contribution is -0.0518. The molecule has 3 atom stereocenters. The molecule has 3 aliphatic rings. The summed E-state index contributed by atoms with van der Waals surface area (Å²) < 4.78 is 11.5. The Bertz CT molecular complexity index is 329. The molecular formula is C17H32N2O2. The number of likely N-dealkylation sites (tertiary alicyclic amines) is 1. The lowest BCUT2D eigenvalue weighted by atomic mass is 9.76. The number of hydrogen-bond donors (Lipinski definition) is 1. The first-order chi connectivity index (χ1) is 10.2. The molecule has 0 aromatic rings. The van der Waals surface area contributed by atoms with Gasteiger partial charge in [0.05, 0.1) is 6.10 Å². The summed E-state index contributed by atoms with van der Waals surface area (Å²) in [6.45, 7) is 7.65. The Kier molecular flexibility index (Phi) is 5.20. The van der Waals surface area contributed by atoms with E-state index in [1.165, 1.54) is 32.4 Å². The van der Waals surface area contributed by atoms with Crippen molar-refractivity contribution in [2.24, 2.45) is 5.41 Å². The Balaban J connectivity index is 1.45. The minimum atomic E-state index is 0.451. The molecule has 0 aromatic carbocycles. The monoisotopic (exact) mass is 296 g/mol. The molecule has 3 aliphatic heterocycles. The number of hydrogen-bond acceptors (Lipinski definition) is 4. The van der Waals surface area contributed by atoms with Crippen LogP contribution in [0.5, 0.6) is 0 Å². The van der Waals surface area contributed by atoms with Crippen molar-refractivity contribution < 1.29 is 9.47 Å². The fourth-order valence-corrected chi connectivity index (χ4v) is 4.50. The molecule has 0 amide bonds. The maximum Gasteiger partial charge on any atom is 0.0595 e. The summed E-state index contributed by atoms with van der Waals surface area (Å²) in [5, 5.41) is 3.78. The first-order valence-electron chi connectivity index (χ1n) is 8.79. The van der Waals surface area contributed by atoms with Crippen LogP contribution in [0.4, 0.5) is 0 Å². The molecule has 1 N–H and O–H groups in total. The second-order valence-corrected chi connectivity index (χ2v) is 7.62. The second-order valence-electron chi connectivity index (χ2n) is 7.62. The van der Waals surface area contributed by atoms with Gasteiger partial charge >= 0.3 is 0 Å². The van der Waals surface area contributed by atoms with Gasteiger partial charge in [-0.3, -0.25) is 0 Å². The molecular weight excluding hydrogens is 264 g/mol. The molecule has 0 aliphatic carbocycles. The predicted octanol–water partition coefficient (Wildman–Crippen LogP) is 2.03. The summed E-state index contributed by atoms with van der Waals surface area (Å²) in [6, 6.07) is 1.19. The maximum absolute atomic E-state index is 6.08. The van der Waals surface area contributed by atoms with Crippen molar-refractivity contribution in [2.45, 2.75) is 63.6 Å². The van der Waals surface area contributed by atoms with E-state index in [2.05, 4.69) is 24.2 Å². The zero-order chi connectivity index (χ0) is 14.7. The minimum Gasteiger partial charge on any atom is -0.381 e. The molecule has 3 saturated heterocycles. The van der Waals surface area contributed by atoms with Crippen molar-refractivity contribution >= 4 is 0 Å². The number of nitrogens with zero attached hydrogens (tertiary/aromatic N) is 1. The van der Waals surface area contributed by atoms with Crippen LogP contribution in [0.2, 0.25) is 0 Å². The Morgan fingerprint density at radius 1 is 1.24 bits per heavy atom. The van der Waals surface area contributed by atoms with Gasteiger partial charge in [-0.15, -0.1) is 0 Å². The molecule has 0 saturated carbocycles. The van der Waals surface area contributed by atoms with Gasteiger partial charge in [0.2, 0.25) is 0 Å². The Hall–Kier alpha value is -0.160. The van der Waals surface area contributed by atoms with Gasteiger partial charge in [-0.05, 0) is 64.5 Å². The molecule has 122 valence electrons. The lowest BCUT2D eigenvalue weighted by Gasteiger charge is -2.39. The summed E-state index contributed by atoms with van der Waals surface area (Å²) in [6.07, 6.45) is 7.81. The molecule has 3 unspecified atom stereocenters. The van der Waals surface area contributed by atoms with E-state index >= 15 is 0 Å². The van der Waals surface area contributed by atoms with Crippen LogP contribution in [-0.4, -0.2) is 63.0 Å². The van der Waals surface area contributed by atoms with E-state index in [4.69, 9.17) is 9.47 Å². The topological polar surface area (TPSA) is 33.7 Å². The summed E-state index contributed by atoms with van der Waals surface area (Å²) in [5.41, 5.74) is 0.552. The van der Waals surface area contributed by atoms with Gasteiger partial charge in [-0.25, -0.2) is 0 Å². The molecule has 3 fully saturated rings. The molecule has 0 bridgehead atoms. The normalized spacial score (nSPS) is 37.1. The van der Waals surface area contributed by atoms with E-state index < -0.39 is 0 Å². The molecule has 3 heterocycles. The van der Waals surface area contributed by atoms with E-state index in [0.29, 0.717) is 23.6 Å². The van der Waals surface area contributed by atoms with Crippen molar-refractivity contribution in [3.8, 4) is 0 Å². The van der Waals surface area contributed by atoms with Gasteiger partial charge < -0.3 is 19.7 Å². The Morgan fingerprint density at radius 3 is 2.76 bits per heavy atom. The third-order valence-electron chi connectivity index (χ3n) is 5.63. The van der Waals surface area contributed by atoms with Crippen molar-refractivity contribution in [1.29, 1.82) is 0 Å². The maximum atomic E-state index is 6.08. The van der Waals surface area contributed by atoms with Gasteiger partial charge in [0, 0.05) is 38.4 Å². The largest absolute Gasteiger partial charge is 0.381 e. The van der Waals surface area contributed by atoms with Crippen molar-refractivity contribution in [3.63, 3.8) is 0 Å². The van der Waals surface area contributed by atoms with E-state index in [-0.39, 0.29) is 0 Å². The van der Waals surface area contributed by atoms with Crippen LogP contribution < -0.4 is 5.32 Å². The predicted molar refractivity (Wildman–Crippen MR) is 84.6 cm³/mol. The first-order valence-corrected chi connectivity index (χ1v) is 8.79. The average molecular weight is 296 g/mol. The Morgan fingerprint density at radius 2 is 2.05 bits per heavy atom. The molecule has 0 radical (unpaired) electrons. The SMILES string of the molecule is CC(CC1CC2(CCO1)CCN(C)C2)NC1CCOCC1. The van der Waals surface area contributed by atoms with E-state index in [1.807, 2.05) is 0 Å². The molecule has 21 heavy (non-hydrogen) atoms. The Labute approximate surface area is 129 Å². The molecule has 3 rings (SSSR count). The van der Waals surface area contributed by atoms with Crippen LogP contribution in [0.15, 0.2) is 0 Å². The van der Waals surface area contributed by atoms with Gasteiger partial charge in [-0.1, -0.05) is 0 Å². The average Bonchev–Trinajstić information content (AvgIpc) is 2.80. The molecule has 4 heteroatoms. The summed E-state index contributed by atoms with van der Waals surface area (Å²) in [7, 11) is 2.26. The lowest BCUT2D eigenvalue weighted by Crippen LogP contribution is -2.44. The van der Waals surface area contributed by atoms with Gasteiger partial charge in [0.1, 0.15) is 0 Å². The van der Waals surface area contributed by atoms with E-state index in [0.717, 1.165) is 39.1 Å². The molecule has 1 spiro atoms. The van der Waals surface area contributed by atoms with Crippen molar-refractivity contribution in [1.82, 2.24) is 10.2 Å². The first kappa shape index (κ1) is 15.7. The smallest absolute Gasteiger partial charge is 0.0595 e. The number of rotatable bonds is 4. The highest BCUT2D eigenvalue weighted by molar-refractivity contribution is 4.93. The standard InChI is InChI=1S/C17H32N2O2/c1-14(18-15-3-8-20-9-4-15)11-16-12-17(6-10-21-16)5-7-19(2)13-17/h14-16,18H,3-13H2,1-2H3. The van der Waals surface area contributed by atoms with Crippen molar-refractivity contribution in [2.75, 3.05) is 40.0 Å². The third-order valence-corrected chi connectivity index (χ3v) is 5.63. The summed E-state index contributed by atoms with van der Waals surface area (Å²) in [4.78, 5) is 2.49. The molecule has 4 nitrogen and oxygen atoms in total. The summed E-state index contributed by atoms with van der Waals surface area (Å²) >= 11 is 0. The highest BCUT2D eigenvalue weighted by Gasteiger charge is 2.41. The van der Waals surface area contributed by atoms with Crippen LogP contribution in [0.1, 0.15) is 45.4 Å². The van der Waals surface area contributed by atoms with Crippen molar-refractivity contribution in [3.05, 3.63) is 0 Å². The fourth-order valence-electron chi connectivity index (χ4n) is 4.50. The van der Waals surface area contributed by atoms with Crippen LogP contribution in [-0.2, 0) is 9.47 Å². The quantitative estimate of drug-likeness (QED) is 0.861. The van der Waals surface area contributed by atoms with E-state index in [9.17, 15) is 0 Å². The van der Waals surface area contributed by atoms with Gasteiger partial charge in [0.15, 0.2) is 0 Å². The fraction of sp³-hybridized carbons (Fsp3) is 1.00. The minimum absolute atomic E-state index is 0.451. The van der Waals surface area contributed by atoms with Gasteiger partial charge in [-0.2, -0.15) is 0 Å². The highest BCUT2D eigenvalue weighted by Crippen LogP contribution is 2.42. The van der Waals surface area contributed by atoms with Crippen LogP contribution in [0, 0.1) is 5.41 Å².